The highest BCUT2D eigenvalue weighted by molar-refractivity contribution is 5.96. The molecule has 1 N–H and O–H groups in total. The van der Waals surface area contributed by atoms with Gasteiger partial charge in [0.2, 0.25) is 0 Å². The van der Waals surface area contributed by atoms with Crippen molar-refractivity contribution in [1.29, 1.82) is 0 Å². The Morgan fingerprint density at radius 1 is 1.37 bits per heavy atom. The molecule has 104 valence electrons. The van der Waals surface area contributed by atoms with Crippen molar-refractivity contribution in [3.05, 3.63) is 18.0 Å². The van der Waals surface area contributed by atoms with Crippen molar-refractivity contribution < 1.29 is 14.7 Å². The largest absolute Gasteiger partial charge is 0.479 e. The first-order valence-corrected chi connectivity index (χ1v) is 6.48. The van der Waals surface area contributed by atoms with E-state index in [0.29, 0.717) is 18.5 Å². The van der Waals surface area contributed by atoms with Gasteiger partial charge in [0.1, 0.15) is 11.2 Å². The Bertz CT molecular complexity index is 489. The number of nitrogens with zero attached hydrogens (tertiary/aromatic N) is 3. The molecule has 2 rings (SSSR count). The van der Waals surface area contributed by atoms with E-state index in [2.05, 4.69) is 5.10 Å². The maximum atomic E-state index is 12.4. The van der Waals surface area contributed by atoms with Gasteiger partial charge in [0.05, 0.1) is 0 Å². The number of aromatic nitrogens is 2. The number of amides is 1. The lowest BCUT2D eigenvalue weighted by Gasteiger charge is -2.40. The normalized spacial score (nSPS) is 18.0. The monoisotopic (exact) mass is 265 g/mol. The summed E-state index contributed by atoms with van der Waals surface area (Å²) in [5.74, 6) is -1.20. The number of aliphatic carboxylic acids is 1. The van der Waals surface area contributed by atoms with E-state index in [0.717, 1.165) is 19.3 Å². The molecule has 0 atom stereocenters. The topological polar surface area (TPSA) is 75.4 Å². The lowest BCUT2D eigenvalue weighted by molar-refractivity contribution is -0.151. The number of hydrogen-bond acceptors (Lipinski definition) is 3. The van der Waals surface area contributed by atoms with Crippen LogP contribution in [0.2, 0.25) is 0 Å². The molecule has 0 spiro atoms. The van der Waals surface area contributed by atoms with Crippen LogP contribution in [-0.4, -0.2) is 44.3 Å². The third-order valence-electron chi connectivity index (χ3n) is 4.07. The van der Waals surface area contributed by atoms with E-state index in [1.165, 1.54) is 15.8 Å². The van der Waals surface area contributed by atoms with Crippen LogP contribution in [0.5, 0.6) is 0 Å². The molecule has 1 heterocycles. The van der Waals surface area contributed by atoms with E-state index in [1.807, 2.05) is 0 Å². The Morgan fingerprint density at radius 3 is 2.47 bits per heavy atom. The second-order valence-electron chi connectivity index (χ2n) is 5.10. The highest BCUT2D eigenvalue weighted by Gasteiger charge is 2.45. The Balaban J connectivity index is 2.30. The molecule has 6 nitrogen and oxygen atoms in total. The fourth-order valence-corrected chi connectivity index (χ4v) is 2.78. The van der Waals surface area contributed by atoms with Gasteiger partial charge in [-0.2, -0.15) is 5.10 Å². The molecular formula is C13H19N3O3. The molecule has 1 aliphatic carbocycles. The fourth-order valence-electron chi connectivity index (χ4n) is 2.78. The number of carboxylic acid groups (broad SMARTS) is 1. The molecule has 6 heteroatoms. The van der Waals surface area contributed by atoms with Crippen LogP contribution >= 0.6 is 0 Å². The van der Waals surface area contributed by atoms with Crippen molar-refractivity contribution in [3.8, 4) is 0 Å². The average Bonchev–Trinajstić information content (AvgIpc) is 2.84. The van der Waals surface area contributed by atoms with Crippen molar-refractivity contribution in [2.45, 2.75) is 37.6 Å². The smallest absolute Gasteiger partial charge is 0.329 e. The van der Waals surface area contributed by atoms with Crippen molar-refractivity contribution >= 4 is 11.9 Å². The van der Waals surface area contributed by atoms with Crippen molar-refractivity contribution in [2.75, 3.05) is 7.05 Å². The van der Waals surface area contributed by atoms with E-state index in [1.54, 1.807) is 20.2 Å². The Labute approximate surface area is 112 Å². The number of likely N-dealkylation sites (N-methyl/N-ethyl adjacent to an activating group) is 1. The van der Waals surface area contributed by atoms with Gasteiger partial charge in [0.25, 0.3) is 5.91 Å². The minimum absolute atomic E-state index is 0.288. The molecule has 1 aromatic rings. The third kappa shape index (κ3) is 2.22. The first kappa shape index (κ1) is 13.6. The Kier molecular flexibility index (Phi) is 3.59. The van der Waals surface area contributed by atoms with Gasteiger partial charge in [0, 0.05) is 20.3 Å². The summed E-state index contributed by atoms with van der Waals surface area (Å²) in [4.78, 5) is 25.5. The summed E-state index contributed by atoms with van der Waals surface area (Å²) < 4.78 is 1.47. The number of carbonyl (C=O) groups excluding carboxylic acids is 1. The Morgan fingerprint density at radius 2 is 2.00 bits per heavy atom. The molecule has 1 aromatic heterocycles. The molecule has 1 aliphatic rings. The molecular weight excluding hydrogens is 246 g/mol. The van der Waals surface area contributed by atoms with Crippen LogP contribution in [0.4, 0.5) is 0 Å². The van der Waals surface area contributed by atoms with Gasteiger partial charge in [0.15, 0.2) is 0 Å². The maximum Gasteiger partial charge on any atom is 0.329 e. The molecule has 1 amide bonds. The molecule has 0 saturated heterocycles. The van der Waals surface area contributed by atoms with Crippen LogP contribution in [0.1, 0.15) is 42.6 Å². The molecule has 19 heavy (non-hydrogen) atoms. The highest BCUT2D eigenvalue weighted by atomic mass is 16.4. The third-order valence-corrected chi connectivity index (χ3v) is 4.07. The van der Waals surface area contributed by atoms with Gasteiger partial charge >= 0.3 is 5.97 Å². The molecule has 0 aliphatic heterocycles. The van der Waals surface area contributed by atoms with Crippen LogP contribution in [0.3, 0.4) is 0 Å². The minimum Gasteiger partial charge on any atom is -0.479 e. The summed E-state index contributed by atoms with van der Waals surface area (Å²) in [5.41, 5.74) is -0.659. The summed E-state index contributed by atoms with van der Waals surface area (Å²) in [6.07, 6.45) is 5.29. The first-order chi connectivity index (χ1) is 8.99. The molecule has 0 unspecified atom stereocenters. The summed E-state index contributed by atoms with van der Waals surface area (Å²) >= 11 is 0. The number of rotatable bonds is 3. The zero-order chi connectivity index (χ0) is 14.0. The van der Waals surface area contributed by atoms with Gasteiger partial charge < -0.3 is 10.0 Å². The molecule has 1 saturated carbocycles. The van der Waals surface area contributed by atoms with Gasteiger partial charge in [-0.25, -0.2) is 4.79 Å². The number of carbonyl (C=O) groups is 2. The quantitative estimate of drug-likeness (QED) is 0.893. The summed E-state index contributed by atoms with van der Waals surface area (Å²) in [5, 5.41) is 13.5. The molecule has 0 aromatic carbocycles. The van der Waals surface area contributed by atoms with Crippen molar-refractivity contribution in [1.82, 2.24) is 14.7 Å². The first-order valence-electron chi connectivity index (χ1n) is 6.48. The lowest BCUT2D eigenvalue weighted by Crippen LogP contribution is -2.56. The van der Waals surface area contributed by atoms with Crippen molar-refractivity contribution in [3.63, 3.8) is 0 Å². The van der Waals surface area contributed by atoms with Crippen molar-refractivity contribution in [2.24, 2.45) is 7.05 Å². The Hall–Kier alpha value is -1.85. The lowest BCUT2D eigenvalue weighted by atomic mass is 9.80. The standard InChI is InChI=1S/C13H19N3O3/c1-15(11(17)10-6-9-14-16(10)2)13(12(18)19)7-4-3-5-8-13/h6,9H,3-5,7-8H2,1-2H3,(H,18,19). The van der Waals surface area contributed by atoms with Gasteiger partial charge in [-0.15, -0.1) is 0 Å². The predicted molar refractivity (Wildman–Crippen MR) is 68.8 cm³/mol. The van der Waals surface area contributed by atoms with E-state index < -0.39 is 11.5 Å². The second-order valence-corrected chi connectivity index (χ2v) is 5.10. The van der Waals surface area contributed by atoms with Crippen LogP contribution in [0, 0.1) is 0 Å². The van der Waals surface area contributed by atoms with E-state index >= 15 is 0 Å². The highest BCUT2D eigenvalue weighted by Crippen LogP contribution is 2.34. The van der Waals surface area contributed by atoms with Gasteiger partial charge in [-0.3, -0.25) is 9.48 Å². The maximum absolute atomic E-state index is 12.4. The molecule has 0 bridgehead atoms. The van der Waals surface area contributed by atoms with E-state index in [4.69, 9.17) is 0 Å². The number of hydrogen-bond donors (Lipinski definition) is 1. The number of aryl methyl sites for hydroxylation is 1. The summed E-state index contributed by atoms with van der Waals surface area (Å²) in [6, 6.07) is 1.61. The fraction of sp³-hybridized carbons (Fsp3) is 0.615. The SMILES string of the molecule is CN(C(=O)c1ccnn1C)C1(C(=O)O)CCCCC1. The summed E-state index contributed by atoms with van der Waals surface area (Å²) in [6.45, 7) is 0. The zero-order valence-corrected chi connectivity index (χ0v) is 11.3. The van der Waals surface area contributed by atoms with Crippen LogP contribution in [-0.2, 0) is 11.8 Å². The zero-order valence-electron chi connectivity index (χ0n) is 11.3. The van der Waals surface area contributed by atoms with Crippen LogP contribution in [0.25, 0.3) is 0 Å². The average molecular weight is 265 g/mol. The number of carboxylic acids is 1. The molecule has 0 radical (unpaired) electrons. The van der Waals surface area contributed by atoms with E-state index in [9.17, 15) is 14.7 Å². The minimum atomic E-state index is -1.07. The summed E-state index contributed by atoms with van der Waals surface area (Å²) in [7, 11) is 3.25. The van der Waals surface area contributed by atoms with E-state index in [-0.39, 0.29) is 5.91 Å². The van der Waals surface area contributed by atoms with Gasteiger partial charge in [-0.05, 0) is 18.9 Å². The predicted octanol–water partition coefficient (Wildman–Crippen LogP) is 1.28. The molecule has 1 fully saturated rings. The second kappa shape index (κ2) is 5.03. The van der Waals surface area contributed by atoms with Crippen LogP contribution in [0.15, 0.2) is 12.3 Å². The van der Waals surface area contributed by atoms with Gasteiger partial charge in [-0.1, -0.05) is 19.3 Å². The van der Waals surface area contributed by atoms with Crippen LogP contribution < -0.4 is 0 Å².